The average molecular weight is 895 g/mol. The zero-order valence-electron chi connectivity index (χ0n) is 43.2. The van der Waals surface area contributed by atoms with E-state index in [1.807, 2.05) is 26.0 Å². The van der Waals surface area contributed by atoms with Crippen molar-refractivity contribution in [2.24, 2.45) is 0 Å². The summed E-state index contributed by atoms with van der Waals surface area (Å²) in [6.07, 6.45) is 51.9. The molecule has 0 bridgehead atoms. The topological polar surface area (TPSA) is 64.6 Å². The molecule has 7 heteroatoms. The molecule has 7 nitrogen and oxygen atoms in total. The van der Waals surface area contributed by atoms with Crippen molar-refractivity contribution in [1.82, 2.24) is 0 Å². The first-order valence-electron chi connectivity index (χ1n) is 27.8. The Morgan fingerprint density at radius 3 is 0.825 bits per heavy atom. The molecule has 0 aliphatic carbocycles. The molecule has 0 fully saturated rings. The Balaban J connectivity index is 4.78. The summed E-state index contributed by atoms with van der Waals surface area (Å²) in [6, 6.07) is 0. The van der Waals surface area contributed by atoms with Crippen molar-refractivity contribution in [1.29, 1.82) is 0 Å². The van der Waals surface area contributed by atoms with Crippen molar-refractivity contribution in [3.8, 4) is 0 Å². The second-order valence-corrected chi connectivity index (χ2v) is 18.0. The number of rotatable bonds is 54. The van der Waals surface area contributed by atoms with Gasteiger partial charge in [-0.1, -0.05) is 194 Å². The van der Waals surface area contributed by atoms with Gasteiger partial charge in [-0.25, -0.2) is 0 Å². The van der Waals surface area contributed by atoms with Gasteiger partial charge in [0.2, 0.25) is 0 Å². The van der Waals surface area contributed by atoms with Crippen molar-refractivity contribution in [3.63, 3.8) is 0 Å². The van der Waals surface area contributed by atoms with Gasteiger partial charge in [0.1, 0.15) is 0 Å². The number of allylic oxidation sites excluding steroid dienone is 2. The predicted octanol–water partition coefficient (Wildman–Crippen LogP) is 17.7. The molecule has 0 aromatic rings. The Morgan fingerprint density at radius 2 is 0.556 bits per heavy atom. The van der Waals surface area contributed by atoms with Gasteiger partial charge in [-0.2, -0.15) is 0 Å². The summed E-state index contributed by atoms with van der Waals surface area (Å²) in [4.78, 5) is 0. The zero-order chi connectivity index (χ0) is 45.8. The molecule has 0 radical (unpaired) electrons. The van der Waals surface area contributed by atoms with Crippen molar-refractivity contribution < 1.29 is 33.2 Å². The van der Waals surface area contributed by atoms with Gasteiger partial charge in [0.15, 0.2) is 25.2 Å². The Morgan fingerprint density at radius 1 is 0.286 bits per heavy atom. The fraction of sp³-hybridized carbons (Fsp3) is 0.929. The summed E-state index contributed by atoms with van der Waals surface area (Å²) in [5.41, 5.74) is 0. The smallest absolute Gasteiger partial charge is 0.180 e. The molecule has 0 aromatic heterocycles. The fourth-order valence-electron chi connectivity index (χ4n) is 7.83. The second-order valence-electron chi connectivity index (χ2n) is 18.0. The summed E-state index contributed by atoms with van der Waals surface area (Å²) < 4.78 is 43.4. The molecule has 0 heterocycles. The molecule has 0 aliphatic heterocycles. The minimum Gasteiger partial charge on any atom is -0.353 e. The van der Waals surface area contributed by atoms with E-state index < -0.39 is 12.6 Å². The van der Waals surface area contributed by atoms with E-state index in [4.69, 9.17) is 33.2 Å². The minimum absolute atomic E-state index is 0.0880. The van der Waals surface area contributed by atoms with Gasteiger partial charge in [-0.15, -0.1) is 0 Å². The van der Waals surface area contributed by atoms with Gasteiger partial charge in [-0.3, -0.25) is 0 Å². The van der Waals surface area contributed by atoms with Crippen molar-refractivity contribution in [3.05, 3.63) is 24.3 Å². The molecule has 0 N–H and O–H groups in total. The van der Waals surface area contributed by atoms with E-state index >= 15 is 0 Å². The third-order valence-corrected chi connectivity index (χ3v) is 11.8. The van der Waals surface area contributed by atoms with Crippen LogP contribution in [0.2, 0.25) is 0 Å². The van der Waals surface area contributed by atoms with E-state index in [-0.39, 0.29) is 12.6 Å². The van der Waals surface area contributed by atoms with Gasteiger partial charge >= 0.3 is 0 Å². The fourth-order valence-corrected chi connectivity index (χ4v) is 7.83. The standard InChI is InChI=1S/C56H110O7/c1-7-13-17-21-25-33-41-49-59-53(60-50-42-34-26-22-18-14-8-2)45-37-29-31-39-47-55(57-11-5)63-56(58-12-6)48-40-32-30-38-46-54(61-51-43-35-27-23-19-15-9-3)62-52-44-36-28-24-20-16-10-4/h39-40,47-48,53-56H,7-38,41-46,49-52H2,1-6H3. The van der Waals surface area contributed by atoms with Crippen LogP contribution in [0.4, 0.5) is 0 Å². The SMILES string of the molecule is CCCCCCCCCOC(CCCCC=CC(OCC)OC(C=CCCCCC(OCCCCCCCCC)OCCCCCCCCC)OCC)OCCCCCCCCC. The Labute approximate surface area is 393 Å². The lowest BCUT2D eigenvalue weighted by Crippen LogP contribution is -2.24. The molecule has 0 saturated carbocycles. The highest BCUT2D eigenvalue weighted by Gasteiger charge is 2.14. The molecule has 376 valence electrons. The molecule has 63 heavy (non-hydrogen) atoms. The third kappa shape index (κ3) is 47.5. The van der Waals surface area contributed by atoms with E-state index in [2.05, 4.69) is 39.8 Å². The average Bonchev–Trinajstić information content (AvgIpc) is 3.28. The van der Waals surface area contributed by atoms with E-state index in [0.29, 0.717) is 13.2 Å². The van der Waals surface area contributed by atoms with Crippen LogP contribution in [-0.4, -0.2) is 64.8 Å². The van der Waals surface area contributed by atoms with Crippen molar-refractivity contribution in [2.45, 2.75) is 298 Å². The Hall–Kier alpha value is -0.800. The maximum absolute atomic E-state index is 6.29. The molecule has 0 spiro atoms. The van der Waals surface area contributed by atoms with Crippen LogP contribution in [-0.2, 0) is 33.2 Å². The van der Waals surface area contributed by atoms with Crippen LogP contribution in [0.3, 0.4) is 0 Å². The van der Waals surface area contributed by atoms with E-state index in [1.54, 1.807) is 0 Å². The molecule has 0 saturated heterocycles. The summed E-state index contributed by atoms with van der Waals surface area (Å²) >= 11 is 0. The van der Waals surface area contributed by atoms with E-state index in [0.717, 1.165) is 103 Å². The van der Waals surface area contributed by atoms with Crippen LogP contribution in [0.5, 0.6) is 0 Å². The number of ether oxygens (including phenoxy) is 7. The Bertz CT molecular complexity index is 787. The lowest BCUT2D eigenvalue weighted by atomic mass is 10.1. The zero-order valence-corrected chi connectivity index (χ0v) is 43.2. The van der Waals surface area contributed by atoms with Crippen LogP contribution in [0, 0.1) is 0 Å². The molecular formula is C56H110O7. The van der Waals surface area contributed by atoms with Crippen molar-refractivity contribution in [2.75, 3.05) is 39.6 Å². The normalized spacial score (nSPS) is 13.2. The van der Waals surface area contributed by atoms with Crippen LogP contribution < -0.4 is 0 Å². The Kier molecular flexibility index (Phi) is 53.1. The first-order valence-corrected chi connectivity index (χ1v) is 27.8. The highest BCUT2D eigenvalue weighted by Crippen LogP contribution is 2.17. The van der Waals surface area contributed by atoms with Gasteiger partial charge in [0.25, 0.3) is 0 Å². The molecule has 0 aromatic carbocycles. The lowest BCUT2D eigenvalue weighted by Gasteiger charge is -2.20. The van der Waals surface area contributed by atoms with Gasteiger partial charge in [0, 0.05) is 39.6 Å². The highest BCUT2D eigenvalue weighted by atomic mass is 16.8. The van der Waals surface area contributed by atoms with Gasteiger partial charge in [-0.05, 0) is 103 Å². The first kappa shape index (κ1) is 62.2. The molecule has 2 unspecified atom stereocenters. The maximum Gasteiger partial charge on any atom is 0.180 e. The maximum atomic E-state index is 6.29. The van der Waals surface area contributed by atoms with Gasteiger partial charge in [0.05, 0.1) is 0 Å². The molecule has 0 aliphatic rings. The van der Waals surface area contributed by atoms with Crippen LogP contribution in [0.1, 0.15) is 273 Å². The highest BCUT2D eigenvalue weighted by molar-refractivity contribution is 4.89. The molecule has 0 rings (SSSR count). The number of unbranched alkanes of at least 4 members (excludes halogenated alkanes) is 28. The van der Waals surface area contributed by atoms with E-state index in [1.165, 1.54) is 154 Å². The number of hydrogen-bond donors (Lipinski definition) is 0. The lowest BCUT2D eigenvalue weighted by molar-refractivity contribution is -0.204. The predicted molar refractivity (Wildman–Crippen MR) is 270 cm³/mol. The summed E-state index contributed by atoms with van der Waals surface area (Å²) in [5, 5.41) is 0. The number of hydrogen-bond acceptors (Lipinski definition) is 7. The van der Waals surface area contributed by atoms with Crippen LogP contribution in [0.15, 0.2) is 24.3 Å². The summed E-state index contributed by atoms with van der Waals surface area (Å²) in [6.45, 7) is 17.5. The van der Waals surface area contributed by atoms with Crippen molar-refractivity contribution >= 4 is 0 Å². The molecule has 0 amide bonds. The quantitative estimate of drug-likeness (QED) is 0.0342. The van der Waals surface area contributed by atoms with Gasteiger partial charge < -0.3 is 33.2 Å². The summed E-state index contributed by atoms with van der Waals surface area (Å²) in [7, 11) is 0. The minimum atomic E-state index is -0.442. The van der Waals surface area contributed by atoms with E-state index in [9.17, 15) is 0 Å². The molecule has 2 atom stereocenters. The monoisotopic (exact) mass is 895 g/mol. The van der Waals surface area contributed by atoms with Crippen LogP contribution in [0.25, 0.3) is 0 Å². The third-order valence-electron chi connectivity index (χ3n) is 11.8. The summed E-state index contributed by atoms with van der Waals surface area (Å²) in [5.74, 6) is 0. The first-order chi connectivity index (χ1) is 31.1. The molecular weight excluding hydrogens is 785 g/mol. The largest absolute Gasteiger partial charge is 0.353 e. The second kappa shape index (κ2) is 53.8. The van der Waals surface area contributed by atoms with Crippen LogP contribution >= 0.6 is 0 Å².